The van der Waals surface area contributed by atoms with Crippen molar-refractivity contribution in [1.29, 1.82) is 0 Å². The number of carbonyl (C=O) groups excluding carboxylic acids is 2. The molecule has 0 saturated carbocycles. The van der Waals surface area contributed by atoms with Crippen molar-refractivity contribution >= 4 is 29.0 Å². The van der Waals surface area contributed by atoms with Gasteiger partial charge in [0.1, 0.15) is 11.9 Å². The number of hydrogen-bond donors (Lipinski definition) is 1. The van der Waals surface area contributed by atoms with Gasteiger partial charge in [-0.2, -0.15) is 0 Å². The lowest BCUT2D eigenvalue weighted by Gasteiger charge is -2.34. The first-order valence-corrected chi connectivity index (χ1v) is 10.8. The van der Waals surface area contributed by atoms with Crippen molar-refractivity contribution in [3.8, 4) is 0 Å². The molecular formula is C23H25FN4O2S. The Morgan fingerprint density at radius 1 is 1.19 bits per heavy atom. The van der Waals surface area contributed by atoms with Crippen molar-refractivity contribution in [3.05, 3.63) is 76.5 Å². The fraction of sp³-hybridized carbons (Fsp3) is 0.304. The van der Waals surface area contributed by atoms with E-state index in [1.807, 2.05) is 45.9 Å². The van der Waals surface area contributed by atoms with Crippen LogP contribution in [0.3, 0.4) is 0 Å². The van der Waals surface area contributed by atoms with Gasteiger partial charge in [-0.3, -0.25) is 14.5 Å². The van der Waals surface area contributed by atoms with Crippen LogP contribution >= 0.6 is 11.5 Å². The smallest absolute Gasteiger partial charge is 0.280 e. The first kappa shape index (κ1) is 22.6. The highest BCUT2D eigenvalue weighted by atomic mass is 32.1. The minimum atomic E-state index is -1.03. The maximum Gasteiger partial charge on any atom is 0.280 e. The summed E-state index contributed by atoms with van der Waals surface area (Å²) in [6.45, 7) is 7.70. The fourth-order valence-corrected chi connectivity index (χ4v) is 3.53. The summed E-state index contributed by atoms with van der Waals surface area (Å²) in [6, 6.07) is 11.9. The van der Waals surface area contributed by atoms with Crippen molar-refractivity contribution in [2.45, 2.75) is 45.7 Å². The third-order valence-electron chi connectivity index (χ3n) is 5.12. The van der Waals surface area contributed by atoms with E-state index in [0.29, 0.717) is 17.7 Å². The summed E-state index contributed by atoms with van der Waals surface area (Å²) in [4.78, 5) is 28.5. The number of benzene rings is 2. The van der Waals surface area contributed by atoms with Gasteiger partial charge in [0, 0.05) is 16.6 Å². The van der Waals surface area contributed by atoms with Crippen LogP contribution in [0.2, 0.25) is 0 Å². The molecule has 1 unspecified atom stereocenters. The Kier molecular flexibility index (Phi) is 6.80. The van der Waals surface area contributed by atoms with Crippen molar-refractivity contribution in [2.75, 3.05) is 4.90 Å². The molecule has 0 fully saturated rings. The molecule has 0 saturated heterocycles. The first-order valence-electron chi connectivity index (χ1n) is 9.96. The van der Waals surface area contributed by atoms with Gasteiger partial charge in [-0.05, 0) is 74.1 Å². The zero-order valence-electron chi connectivity index (χ0n) is 17.9. The molecule has 1 atom stereocenters. The lowest BCUT2D eigenvalue weighted by molar-refractivity contribution is -0.124. The molecule has 6 nitrogen and oxygen atoms in total. The number of halogens is 1. The summed E-state index contributed by atoms with van der Waals surface area (Å²) in [7, 11) is 0. The predicted molar refractivity (Wildman–Crippen MR) is 120 cm³/mol. The summed E-state index contributed by atoms with van der Waals surface area (Å²) < 4.78 is 17.4. The molecule has 2 aromatic carbocycles. The molecular weight excluding hydrogens is 415 g/mol. The molecule has 8 heteroatoms. The minimum absolute atomic E-state index is 0.140. The number of nitrogens with zero attached hydrogens (tertiary/aromatic N) is 3. The number of hydrogen-bond acceptors (Lipinski definition) is 5. The molecule has 1 heterocycles. The van der Waals surface area contributed by atoms with Crippen molar-refractivity contribution < 1.29 is 14.0 Å². The van der Waals surface area contributed by atoms with Crippen LogP contribution in [-0.2, 0) is 4.79 Å². The largest absolute Gasteiger partial charge is 0.349 e. The summed E-state index contributed by atoms with van der Waals surface area (Å²) >= 11 is 1.06. The number of rotatable bonds is 7. The second-order valence-corrected chi connectivity index (χ2v) is 8.59. The summed E-state index contributed by atoms with van der Waals surface area (Å²) in [6.07, 6.45) is 0.698. The van der Waals surface area contributed by atoms with Crippen molar-refractivity contribution in [2.24, 2.45) is 0 Å². The molecule has 0 aliphatic heterocycles. The van der Waals surface area contributed by atoms with Gasteiger partial charge >= 0.3 is 0 Å². The number of carbonyl (C=O) groups is 2. The van der Waals surface area contributed by atoms with Crippen LogP contribution in [0.25, 0.3) is 0 Å². The quantitative estimate of drug-likeness (QED) is 0.579. The van der Waals surface area contributed by atoms with Gasteiger partial charge in [0.25, 0.3) is 5.91 Å². The molecule has 1 N–H and O–H groups in total. The third-order valence-corrected chi connectivity index (χ3v) is 5.62. The van der Waals surface area contributed by atoms with Crippen LogP contribution < -0.4 is 10.2 Å². The average molecular weight is 441 g/mol. The van der Waals surface area contributed by atoms with E-state index in [0.717, 1.165) is 17.1 Å². The molecule has 2 amide bonds. The van der Waals surface area contributed by atoms with Crippen molar-refractivity contribution in [3.63, 3.8) is 0 Å². The molecule has 0 radical (unpaired) electrons. The molecule has 1 aromatic heterocycles. The predicted octanol–water partition coefficient (Wildman–Crippen LogP) is 4.68. The zero-order valence-corrected chi connectivity index (χ0v) is 18.7. The zero-order chi connectivity index (χ0) is 22.6. The highest BCUT2D eigenvalue weighted by Crippen LogP contribution is 2.31. The Hall–Kier alpha value is -3.13. The second kappa shape index (κ2) is 9.34. The highest BCUT2D eigenvalue weighted by Gasteiger charge is 2.36. The van der Waals surface area contributed by atoms with Crippen LogP contribution in [0.1, 0.15) is 54.8 Å². The fourth-order valence-electron chi connectivity index (χ4n) is 3.10. The monoisotopic (exact) mass is 440 g/mol. The van der Waals surface area contributed by atoms with Gasteiger partial charge in [-0.15, -0.1) is 5.10 Å². The average Bonchev–Trinajstić information content (AvgIpc) is 3.27. The van der Waals surface area contributed by atoms with Crippen LogP contribution in [-0.4, -0.2) is 26.9 Å². The minimum Gasteiger partial charge on any atom is -0.349 e. The first-order chi connectivity index (χ1) is 14.7. The maximum atomic E-state index is 13.6. The van der Waals surface area contributed by atoms with Gasteiger partial charge in [0.2, 0.25) is 5.91 Å². The normalized spacial score (nSPS) is 12.3. The molecule has 0 aliphatic carbocycles. The lowest BCUT2D eigenvalue weighted by atomic mass is 9.98. The standard InChI is InChI=1S/C23H25FN4O2S/c1-5-23(3,4)25-21(29)20(16-9-11-17(24)12-10-16)28(18-8-6-7-15(2)13-18)22(30)19-14-31-27-26-19/h6-14,20H,5H2,1-4H3,(H,25,29). The van der Waals surface area contributed by atoms with E-state index in [4.69, 9.17) is 0 Å². The van der Waals surface area contributed by atoms with Crippen LogP contribution in [0.15, 0.2) is 53.9 Å². The van der Waals surface area contributed by atoms with E-state index in [1.165, 1.54) is 29.2 Å². The number of anilines is 1. The molecule has 0 bridgehead atoms. The Morgan fingerprint density at radius 3 is 2.48 bits per heavy atom. The Balaban J connectivity index is 2.17. The van der Waals surface area contributed by atoms with E-state index in [1.54, 1.807) is 11.4 Å². The van der Waals surface area contributed by atoms with Gasteiger partial charge < -0.3 is 5.32 Å². The molecule has 0 spiro atoms. The topological polar surface area (TPSA) is 75.2 Å². The molecule has 3 rings (SSSR count). The molecule has 0 aliphatic rings. The van der Waals surface area contributed by atoms with Crippen molar-refractivity contribution in [1.82, 2.24) is 14.9 Å². The van der Waals surface area contributed by atoms with E-state index in [9.17, 15) is 14.0 Å². The maximum absolute atomic E-state index is 13.6. The van der Waals surface area contributed by atoms with Gasteiger partial charge in [0.05, 0.1) is 0 Å². The van der Waals surface area contributed by atoms with Crippen LogP contribution in [0, 0.1) is 12.7 Å². The summed E-state index contributed by atoms with van der Waals surface area (Å²) in [5.74, 6) is -1.25. The SMILES string of the molecule is CCC(C)(C)NC(=O)C(c1ccc(F)cc1)N(C(=O)c1csnn1)c1cccc(C)c1. The third kappa shape index (κ3) is 5.32. The summed E-state index contributed by atoms with van der Waals surface area (Å²) in [5, 5.41) is 8.48. The van der Waals surface area contributed by atoms with Crippen LogP contribution in [0.4, 0.5) is 10.1 Å². The molecule has 162 valence electrons. The van der Waals surface area contributed by atoms with Crippen LogP contribution in [0.5, 0.6) is 0 Å². The Morgan fingerprint density at radius 2 is 1.90 bits per heavy atom. The van der Waals surface area contributed by atoms with E-state index >= 15 is 0 Å². The van der Waals surface area contributed by atoms with Gasteiger partial charge in [-0.25, -0.2) is 4.39 Å². The number of amides is 2. The number of aryl methyl sites for hydroxylation is 1. The van der Waals surface area contributed by atoms with Gasteiger partial charge in [0.15, 0.2) is 5.69 Å². The molecule has 31 heavy (non-hydrogen) atoms. The highest BCUT2D eigenvalue weighted by molar-refractivity contribution is 7.03. The lowest BCUT2D eigenvalue weighted by Crippen LogP contribution is -2.50. The van der Waals surface area contributed by atoms with Gasteiger partial charge in [-0.1, -0.05) is 35.7 Å². The van der Waals surface area contributed by atoms with E-state index in [2.05, 4.69) is 14.9 Å². The molecule has 3 aromatic rings. The number of nitrogens with one attached hydrogen (secondary N) is 1. The summed E-state index contributed by atoms with van der Waals surface area (Å²) in [5.41, 5.74) is 1.61. The van der Waals surface area contributed by atoms with E-state index in [-0.39, 0.29) is 11.6 Å². The van der Waals surface area contributed by atoms with E-state index < -0.39 is 23.3 Å². The Labute approximate surface area is 185 Å². The second-order valence-electron chi connectivity index (χ2n) is 7.99. The Bertz CT molecular complexity index is 1050. The number of aromatic nitrogens is 2.